The van der Waals surface area contributed by atoms with Crippen molar-refractivity contribution in [3.63, 3.8) is 0 Å². The van der Waals surface area contributed by atoms with Crippen LogP contribution >= 0.6 is 0 Å². The van der Waals surface area contributed by atoms with Crippen LogP contribution in [0.4, 0.5) is 0 Å². The second-order valence-corrected chi connectivity index (χ2v) is 16.1. The van der Waals surface area contributed by atoms with Gasteiger partial charge in [-0.15, -0.1) is 0 Å². The van der Waals surface area contributed by atoms with Crippen molar-refractivity contribution < 1.29 is 51.0 Å². The summed E-state index contributed by atoms with van der Waals surface area (Å²) in [5.41, 5.74) is 14.7. The minimum Gasteiger partial charge on any atom is -1.00 e. The molecule has 2 aromatic rings. The van der Waals surface area contributed by atoms with E-state index in [1.54, 1.807) is 27.8 Å². The van der Waals surface area contributed by atoms with E-state index in [0.717, 1.165) is 0 Å². The fraction of sp³-hybridized carbons (Fsp3) is 0.579. The minimum atomic E-state index is 0. The summed E-state index contributed by atoms with van der Waals surface area (Å²) in [5.74, 6) is 1.77. The van der Waals surface area contributed by atoms with Crippen molar-refractivity contribution in [1.82, 2.24) is 0 Å². The molecule has 2 aromatic carbocycles. The Bertz CT molecular complexity index is 1280. The van der Waals surface area contributed by atoms with Crippen LogP contribution < -0.4 is 24.8 Å². The van der Waals surface area contributed by atoms with Crippen LogP contribution in [-0.2, 0) is 37.0 Å². The van der Waals surface area contributed by atoms with Gasteiger partial charge in [-0.2, -0.15) is 0 Å². The molecule has 3 heteroatoms. The van der Waals surface area contributed by atoms with Crippen LogP contribution in [-0.4, -0.2) is 0 Å². The third kappa shape index (κ3) is 6.05. The van der Waals surface area contributed by atoms with Gasteiger partial charge in [0.25, 0.3) is 0 Å². The summed E-state index contributed by atoms with van der Waals surface area (Å²) in [6, 6.07) is 15.0. The number of allylic oxidation sites excluding steroid dienone is 4. The SMILES string of the molecule is CCC1(C2c3ccc(C(C)(C)C)cc3-c3cc(C(C)(C)C)ccc32)CC(C(C)C)C2=C1C=C(C(C)(C)C)C2.[Cl-].[Cl-].[Zr+2]. The predicted molar refractivity (Wildman–Crippen MR) is 166 cm³/mol. The molecule has 3 aliphatic carbocycles. The van der Waals surface area contributed by atoms with Gasteiger partial charge in [-0.1, -0.05) is 137 Å². The van der Waals surface area contributed by atoms with E-state index in [4.69, 9.17) is 0 Å². The maximum absolute atomic E-state index is 2.67. The van der Waals surface area contributed by atoms with Gasteiger partial charge in [-0.25, -0.2) is 0 Å². The number of fused-ring (bicyclic) bond motifs is 3. The van der Waals surface area contributed by atoms with Gasteiger partial charge in [0, 0.05) is 11.3 Å². The minimum absolute atomic E-state index is 0. The molecule has 0 aromatic heterocycles. The van der Waals surface area contributed by atoms with Crippen molar-refractivity contribution in [2.45, 2.75) is 119 Å². The Morgan fingerprint density at radius 2 is 1.22 bits per heavy atom. The quantitative estimate of drug-likeness (QED) is 0.425. The van der Waals surface area contributed by atoms with Gasteiger partial charge in [0.15, 0.2) is 0 Å². The Balaban J connectivity index is 0.00000196. The summed E-state index contributed by atoms with van der Waals surface area (Å²) in [7, 11) is 0. The standard InChI is InChI=1S/C38H52.2ClH.Zr/c1-13-38(22-32(23(2)3)31-20-26(21-33(31)38)37(10,11)12)34-27-16-14-24(35(4,5)6)18-29(27)30-19-25(36(7,8)9)15-17-28(30)34;;;/h14-19,21,23,32,34H,13,20,22H2,1-12H3;2*1H;/q;;;+2/p-2. The molecule has 3 aliphatic rings. The van der Waals surface area contributed by atoms with E-state index in [-0.39, 0.29) is 72.7 Å². The second kappa shape index (κ2) is 12.1. The van der Waals surface area contributed by atoms with E-state index in [2.05, 4.69) is 126 Å². The molecule has 0 radical (unpaired) electrons. The third-order valence-corrected chi connectivity index (χ3v) is 10.3. The molecule has 2 unspecified atom stereocenters. The fourth-order valence-electron chi connectivity index (χ4n) is 7.75. The maximum atomic E-state index is 2.67. The van der Waals surface area contributed by atoms with Gasteiger partial charge >= 0.3 is 26.2 Å². The first-order chi connectivity index (χ1) is 17.5. The monoisotopic (exact) mass is 668 g/mol. The molecule has 0 aliphatic heterocycles. The Hall–Kier alpha value is -0.617. The molecule has 0 amide bonds. The smallest absolute Gasteiger partial charge is 1.00 e. The van der Waals surface area contributed by atoms with E-state index < -0.39 is 0 Å². The molecule has 0 spiro atoms. The molecule has 2 atom stereocenters. The Kier molecular flexibility index (Phi) is 10.8. The fourth-order valence-corrected chi connectivity index (χ4v) is 7.75. The van der Waals surface area contributed by atoms with Gasteiger partial charge in [0.1, 0.15) is 0 Å². The molecule has 0 N–H and O–H groups in total. The topological polar surface area (TPSA) is 0 Å². The summed E-state index contributed by atoms with van der Waals surface area (Å²) in [4.78, 5) is 0. The number of hydrogen-bond donors (Lipinski definition) is 0. The normalized spacial score (nSPS) is 22.0. The van der Waals surface area contributed by atoms with Crippen LogP contribution in [0.1, 0.15) is 131 Å². The van der Waals surface area contributed by atoms with Gasteiger partial charge < -0.3 is 24.8 Å². The molecule has 0 saturated heterocycles. The van der Waals surface area contributed by atoms with Crippen LogP contribution in [0.3, 0.4) is 0 Å². The Morgan fingerprint density at radius 1 is 0.756 bits per heavy atom. The van der Waals surface area contributed by atoms with E-state index in [1.165, 1.54) is 41.5 Å². The molecule has 0 fully saturated rings. The van der Waals surface area contributed by atoms with Crippen LogP contribution in [0.2, 0.25) is 0 Å². The zero-order valence-electron chi connectivity index (χ0n) is 27.7. The average Bonchev–Trinajstić information content (AvgIpc) is 3.46. The number of benzene rings is 2. The summed E-state index contributed by atoms with van der Waals surface area (Å²) in [5, 5.41) is 0. The van der Waals surface area contributed by atoms with Crippen molar-refractivity contribution >= 4 is 0 Å². The number of hydrogen-bond acceptors (Lipinski definition) is 0. The zero-order valence-corrected chi connectivity index (χ0v) is 31.6. The number of rotatable bonds is 3. The van der Waals surface area contributed by atoms with Crippen molar-refractivity contribution in [3.8, 4) is 11.1 Å². The Morgan fingerprint density at radius 3 is 1.59 bits per heavy atom. The van der Waals surface area contributed by atoms with Crippen molar-refractivity contribution in [1.29, 1.82) is 0 Å². The van der Waals surface area contributed by atoms with Crippen molar-refractivity contribution in [2.75, 3.05) is 0 Å². The van der Waals surface area contributed by atoms with Gasteiger partial charge in [0.05, 0.1) is 0 Å². The second-order valence-electron chi connectivity index (χ2n) is 16.1. The first kappa shape index (κ1) is 36.6. The van der Waals surface area contributed by atoms with Crippen molar-refractivity contribution in [3.05, 3.63) is 81.4 Å². The largest absolute Gasteiger partial charge is 2.00 e. The molecular formula is C38H52Cl2Zr. The van der Waals surface area contributed by atoms with E-state index in [9.17, 15) is 0 Å². The van der Waals surface area contributed by atoms with Crippen LogP contribution in [0.5, 0.6) is 0 Å². The molecule has 0 nitrogen and oxygen atoms in total. The first-order valence-corrected chi connectivity index (χ1v) is 15.2. The Labute approximate surface area is 283 Å². The molecule has 0 heterocycles. The van der Waals surface area contributed by atoms with E-state index >= 15 is 0 Å². The van der Waals surface area contributed by atoms with Gasteiger partial charge in [-0.05, 0) is 86.3 Å². The molecule has 222 valence electrons. The molecule has 0 saturated carbocycles. The van der Waals surface area contributed by atoms with Gasteiger partial charge in [0.2, 0.25) is 0 Å². The summed E-state index contributed by atoms with van der Waals surface area (Å²) in [6.45, 7) is 28.7. The van der Waals surface area contributed by atoms with Crippen LogP contribution in [0.15, 0.2) is 59.2 Å². The summed E-state index contributed by atoms with van der Waals surface area (Å²) < 4.78 is 0. The summed E-state index contributed by atoms with van der Waals surface area (Å²) in [6.07, 6.45) is 6.33. The predicted octanol–water partition coefficient (Wildman–Crippen LogP) is 5.14. The maximum Gasteiger partial charge on any atom is 2.00 e. The van der Waals surface area contributed by atoms with Gasteiger partial charge in [-0.3, -0.25) is 0 Å². The summed E-state index contributed by atoms with van der Waals surface area (Å²) >= 11 is 0. The zero-order chi connectivity index (χ0) is 28.0. The third-order valence-electron chi connectivity index (χ3n) is 10.3. The molecule has 0 bridgehead atoms. The van der Waals surface area contributed by atoms with Crippen LogP contribution in [0, 0.1) is 22.7 Å². The molecule has 41 heavy (non-hydrogen) atoms. The van der Waals surface area contributed by atoms with E-state index in [0.29, 0.717) is 17.8 Å². The molecule has 5 rings (SSSR count). The van der Waals surface area contributed by atoms with E-state index in [1.807, 2.05) is 0 Å². The van der Waals surface area contributed by atoms with Crippen LogP contribution in [0.25, 0.3) is 11.1 Å². The molecular weight excluding hydrogens is 619 g/mol. The number of halogens is 2. The first-order valence-electron chi connectivity index (χ1n) is 15.2. The van der Waals surface area contributed by atoms with Crippen molar-refractivity contribution in [2.24, 2.45) is 22.7 Å². The average molecular weight is 671 g/mol.